The number of aliphatic hydroxyl groups excluding tert-OH is 2. The Morgan fingerprint density at radius 1 is 1.05 bits per heavy atom. The summed E-state index contributed by atoms with van der Waals surface area (Å²) in [6, 6.07) is -0.000797. The molecule has 1 heterocycles. The van der Waals surface area contributed by atoms with E-state index < -0.39 is 12.2 Å². The van der Waals surface area contributed by atoms with E-state index in [2.05, 4.69) is 34.9 Å². The standard InChI is InChI=1S/C15H26N2O2/c1-11-14(18)15(19)13(17-11)8-10-16-9-4-7-12-5-2-3-6-12/h2-3,5-6,11-19H,4,7-10H2,1H3/t11-,13+,14+,15-/m0/s1. The predicted octanol–water partition coefficient (Wildman–Crippen LogP) is 0.571. The van der Waals surface area contributed by atoms with E-state index in [0.29, 0.717) is 5.92 Å². The van der Waals surface area contributed by atoms with E-state index in [0.717, 1.165) is 19.5 Å². The van der Waals surface area contributed by atoms with Gasteiger partial charge in [0, 0.05) is 12.1 Å². The molecule has 0 aromatic rings. The van der Waals surface area contributed by atoms with Crippen molar-refractivity contribution in [3.8, 4) is 0 Å². The van der Waals surface area contributed by atoms with Gasteiger partial charge in [-0.2, -0.15) is 0 Å². The van der Waals surface area contributed by atoms with Gasteiger partial charge in [0.2, 0.25) is 0 Å². The third kappa shape index (κ3) is 4.14. The number of nitrogens with one attached hydrogen (secondary N) is 2. The average Bonchev–Trinajstić information content (AvgIpc) is 2.99. The molecule has 108 valence electrons. The molecule has 4 N–H and O–H groups in total. The third-order valence-electron chi connectivity index (χ3n) is 4.10. The molecule has 0 aromatic carbocycles. The minimum atomic E-state index is -0.634. The number of hydrogen-bond acceptors (Lipinski definition) is 4. The first-order chi connectivity index (χ1) is 9.18. The van der Waals surface area contributed by atoms with Crippen LogP contribution in [0.15, 0.2) is 24.3 Å². The van der Waals surface area contributed by atoms with Crippen LogP contribution in [-0.4, -0.2) is 47.6 Å². The molecule has 1 fully saturated rings. The molecule has 0 spiro atoms. The highest BCUT2D eigenvalue weighted by atomic mass is 16.3. The van der Waals surface area contributed by atoms with Gasteiger partial charge >= 0.3 is 0 Å². The molecule has 0 amide bonds. The molecule has 4 heteroatoms. The molecule has 0 radical (unpaired) electrons. The maximum atomic E-state index is 9.82. The van der Waals surface area contributed by atoms with Crippen molar-refractivity contribution in [2.24, 2.45) is 5.92 Å². The van der Waals surface area contributed by atoms with Gasteiger partial charge in [-0.3, -0.25) is 0 Å². The zero-order chi connectivity index (χ0) is 13.7. The molecule has 1 aliphatic heterocycles. The topological polar surface area (TPSA) is 64.5 Å². The number of aliphatic hydroxyl groups is 2. The van der Waals surface area contributed by atoms with Gasteiger partial charge in [-0.15, -0.1) is 0 Å². The van der Waals surface area contributed by atoms with Crippen molar-refractivity contribution in [2.75, 3.05) is 13.1 Å². The lowest BCUT2D eigenvalue weighted by Crippen LogP contribution is -2.36. The predicted molar refractivity (Wildman–Crippen MR) is 76.9 cm³/mol. The van der Waals surface area contributed by atoms with E-state index in [-0.39, 0.29) is 12.1 Å². The van der Waals surface area contributed by atoms with Gasteiger partial charge in [0.25, 0.3) is 0 Å². The fourth-order valence-corrected chi connectivity index (χ4v) is 2.84. The molecule has 0 unspecified atom stereocenters. The van der Waals surface area contributed by atoms with Gasteiger partial charge in [0.1, 0.15) is 0 Å². The Morgan fingerprint density at radius 3 is 2.42 bits per heavy atom. The van der Waals surface area contributed by atoms with Crippen LogP contribution in [0.25, 0.3) is 0 Å². The summed E-state index contributed by atoms with van der Waals surface area (Å²) in [6.45, 7) is 3.80. The van der Waals surface area contributed by atoms with E-state index in [1.54, 1.807) is 0 Å². The largest absolute Gasteiger partial charge is 0.389 e. The number of rotatable bonds is 7. The lowest BCUT2D eigenvalue weighted by Gasteiger charge is -2.16. The first kappa shape index (κ1) is 14.7. The van der Waals surface area contributed by atoms with E-state index >= 15 is 0 Å². The highest BCUT2D eigenvalue weighted by molar-refractivity contribution is 5.17. The van der Waals surface area contributed by atoms with E-state index in [4.69, 9.17) is 0 Å². The minimum absolute atomic E-state index is 0.0122. The third-order valence-corrected chi connectivity index (χ3v) is 4.10. The van der Waals surface area contributed by atoms with Gasteiger partial charge in [-0.25, -0.2) is 0 Å². The van der Waals surface area contributed by atoms with Crippen LogP contribution in [0.2, 0.25) is 0 Å². The fourth-order valence-electron chi connectivity index (χ4n) is 2.84. The average molecular weight is 266 g/mol. The highest BCUT2D eigenvalue weighted by Gasteiger charge is 2.37. The zero-order valence-corrected chi connectivity index (χ0v) is 11.6. The van der Waals surface area contributed by atoms with Crippen molar-refractivity contribution in [3.63, 3.8) is 0 Å². The van der Waals surface area contributed by atoms with Gasteiger partial charge in [-0.05, 0) is 45.2 Å². The Labute approximate surface area is 115 Å². The van der Waals surface area contributed by atoms with Crippen LogP contribution < -0.4 is 10.6 Å². The van der Waals surface area contributed by atoms with Crippen LogP contribution in [0.5, 0.6) is 0 Å². The molecule has 0 bridgehead atoms. The highest BCUT2D eigenvalue weighted by Crippen LogP contribution is 2.16. The van der Waals surface area contributed by atoms with Crippen molar-refractivity contribution in [2.45, 2.75) is 50.5 Å². The van der Waals surface area contributed by atoms with Crippen LogP contribution in [0, 0.1) is 5.92 Å². The Balaban J connectivity index is 1.50. The van der Waals surface area contributed by atoms with Crippen molar-refractivity contribution >= 4 is 0 Å². The normalized spacial score (nSPS) is 34.5. The molecule has 2 rings (SSSR count). The van der Waals surface area contributed by atoms with Gasteiger partial charge in [0.05, 0.1) is 12.2 Å². The monoisotopic (exact) mass is 266 g/mol. The molecular formula is C15H26N2O2. The number of allylic oxidation sites excluding steroid dienone is 4. The Kier molecular flexibility index (Phi) is 5.58. The van der Waals surface area contributed by atoms with Gasteiger partial charge in [0.15, 0.2) is 0 Å². The molecular weight excluding hydrogens is 240 g/mol. The number of hydrogen-bond donors (Lipinski definition) is 4. The van der Waals surface area contributed by atoms with Crippen LogP contribution in [0.3, 0.4) is 0 Å². The van der Waals surface area contributed by atoms with Crippen LogP contribution in [-0.2, 0) is 0 Å². The fraction of sp³-hybridized carbons (Fsp3) is 0.733. The Bertz CT molecular complexity index is 318. The second kappa shape index (κ2) is 7.20. The van der Waals surface area contributed by atoms with E-state index in [9.17, 15) is 10.2 Å². The summed E-state index contributed by atoms with van der Waals surface area (Å²) >= 11 is 0. The second-order valence-electron chi connectivity index (χ2n) is 5.66. The van der Waals surface area contributed by atoms with Crippen LogP contribution >= 0.6 is 0 Å². The Morgan fingerprint density at radius 2 is 1.79 bits per heavy atom. The lowest BCUT2D eigenvalue weighted by molar-refractivity contribution is 0.0293. The van der Waals surface area contributed by atoms with E-state index in [1.165, 1.54) is 12.8 Å². The minimum Gasteiger partial charge on any atom is -0.389 e. The summed E-state index contributed by atoms with van der Waals surface area (Å²) in [5, 5.41) is 26.1. The summed E-state index contributed by atoms with van der Waals surface area (Å²) in [4.78, 5) is 0. The zero-order valence-electron chi connectivity index (χ0n) is 11.6. The van der Waals surface area contributed by atoms with Crippen molar-refractivity contribution in [3.05, 3.63) is 24.3 Å². The van der Waals surface area contributed by atoms with Crippen molar-refractivity contribution < 1.29 is 10.2 Å². The molecule has 1 saturated heterocycles. The van der Waals surface area contributed by atoms with Gasteiger partial charge in [-0.1, -0.05) is 24.3 Å². The maximum absolute atomic E-state index is 9.82. The Hall–Kier alpha value is -0.680. The van der Waals surface area contributed by atoms with Gasteiger partial charge < -0.3 is 20.8 Å². The van der Waals surface area contributed by atoms with Crippen molar-refractivity contribution in [1.29, 1.82) is 0 Å². The summed E-state index contributed by atoms with van der Waals surface area (Å²) < 4.78 is 0. The molecule has 4 atom stereocenters. The molecule has 19 heavy (non-hydrogen) atoms. The van der Waals surface area contributed by atoms with Crippen molar-refractivity contribution in [1.82, 2.24) is 10.6 Å². The van der Waals surface area contributed by atoms with E-state index in [1.807, 2.05) is 6.92 Å². The summed E-state index contributed by atoms with van der Waals surface area (Å²) in [5.41, 5.74) is 0. The molecule has 0 aromatic heterocycles. The van der Waals surface area contributed by atoms with Crippen LogP contribution in [0.1, 0.15) is 26.2 Å². The molecule has 2 aliphatic rings. The summed E-state index contributed by atoms with van der Waals surface area (Å²) in [7, 11) is 0. The van der Waals surface area contributed by atoms with Crippen LogP contribution in [0.4, 0.5) is 0 Å². The quantitative estimate of drug-likeness (QED) is 0.509. The molecule has 0 saturated carbocycles. The smallest absolute Gasteiger partial charge is 0.0967 e. The first-order valence-electron chi connectivity index (χ1n) is 7.36. The SMILES string of the molecule is C[C@@H]1N[C@H](CCNCCCC2C=CC=C2)[C@H](O)[C@@H]1O. The summed E-state index contributed by atoms with van der Waals surface area (Å²) in [5.74, 6) is 0.621. The summed E-state index contributed by atoms with van der Waals surface area (Å²) in [6.07, 6.45) is 10.6. The second-order valence-corrected chi connectivity index (χ2v) is 5.66. The molecule has 4 nitrogen and oxygen atoms in total. The lowest BCUT2D eigenvalue weighted by atomic mass is 10.1. The molecule has 1 aliphatic carbocycles. The first-order valence-corrected chi connectivity index (χ1v) is 7.36. The maximum Gasteiger partial charge on any atom is 0.0967 e.